The molecule has 1 aromatic heterocycles. The van der Waals surface area contributed by atoms with E-state index in [1.165, 1.54) is 16.7 Å². The molecule has 1 aromatic carbocycles. The summed E-state index contributed by atoms with van der Waals surface area (Å²) >= 11 is 0. The number of benzene rings is 1. The first-order valence-corrected chi connectivity index (χ1v) is 7.79. The number of rotatable bonds is 3. The molecule has 6 heteroatoms. The number of hydrogen-bond acceptors (Lipinski definition) is 4. The van der Waals surface area contributed by atoms with Gasteiger partial charge in [0.25, 0.3) is 5.91 Å². The molecule has 0 amide bonds. The van der Waals surface area contributed by atoms with E-state index in [2.05, 4.69) is 10.1 Å². The number of carbonyl (C=O) groups excluding carboxylic acids is 1. The molecule has 1 atom stereocenters. The zero-order valence-electron chi connectivity index (χ0n) is 13.5. The van der Waals surface area contributed by atoms with Crippen molar-refractivity contribution in [3.05, 3.63) is 65.5 Å². The lowest BCUT2D eigenvalue weighted by molar-refractivity contribution is 0.0465. The molecule has 2 aromatic rings. The molecule has 0 saturated heterocycles. The lowest BCUT2D eigenvalue weighted by Gasteiger charge is -2.11. The summed E-state index contributed by atoms with van der Waals surface area (Å²) in [6, 6.07) is 11.5. The molecular weight excluding hydrogens is 309 g/mol. The quantitative estimate of drug-likeness (QED) is 0.870. The van der Waals surface area contributed by atoms with Crippen LogP contribution in [0.15, 0.2) is 58.8 Å². The molecule has 0 spiro atoms. The Balaban J connectivity index is 1.82. The third-order valence-electron chi connectivity index (χ3n) is 3.57. The third-order valence-corrected chi connectivity index (χ3v) is 3.57. The van der Waals surface area contributed by atoms with Gasteiger partial charge in [-0.05, 0) is 38.1 Å². The number of carbonyl (C=O) groups is 1. The first-order chi connectivity index (χ1) is 11.5. The van der Waals surface area contributed by atoms with Gasteiger partial charge < -0.3 is 4.84 Å². The molecule has 0 radical (unpaired) electrons. The fraction of sp³-hybridized carbons (Fsp3) is 0.278. The smallest absolute Gasteiger partial charge is 0.276 e. The van der Waals surface area contributed by atoms with Gasteiger partial charge in [0.15, 0.2) is 0 Å². The Hall–Kier alpha value is -2.76. The standard InChI is InChI=1S/C18H18FN3O2/c1-12(2)20-17-8-3-4-9-22(17)18(23)16-11-15(21-24-16)13-6-5-7-14(19)10-13/h3-10,12,16H,11H2,1-2H3/t16-/m1/s1. The molecule has 3 rings (SSSR count). The van der Waals surface area contributed by atoms with Gasteiger partial charge in [-0.15, -0.1) is 0 Å². The van der Waals surface area contributed by atoms with Crippen molar-refractivity contribution in [2.75, 3.05) is 0 Å². The Bertz CT molecular complexity index is 855. The normalized spacial score (nSPS) is 17.8. The van der Waals surface area contributed by atoms with Crippen LogP contribution in [0.4, 0.5) is 4.39 Å². The molecule has 1 aliphatic heterocycles. The summed E-state index contributed by atoms with van der Waals surface area (Å²) in [6.07, 6.45) is 1.22. The van der Waals surface area contributed by atoms with E-state index in [4.69, 9.17) is 4.84 Å². The van der Waals surface area contributed by atoms with Gasteiger partial charge in [-0.2, -0.15) is 0 Å². The van der Waals surface area contributed by atoms with Crippen LogP contribution in [0.1, 0.15) is 30.6 Å². The van der Waals surface area contributed by atoms with Crippen molar-refractivity contribution in [1.29, 1.82) is 0 Å². The van der Waals surface area contributed by atoms with Crippen LogP contribution in [-0.4, -0.2) is 28.3 Å². The highest BCUT2D eigenvalue weighted by atomic mass is 19.1. The summed E-state index contributed by atoms with van der Waals surface area (Å²) in [5.74, 6) is -0.592. The Labute approximate surface area is 139 Å². The maximum absolute atomic E-state index is 13.3. The minimum atomic E-state index is -0.739. The van der Waals surface area contributed by atoms with Crippen LogP contribution >= 0.6 is 0 Å². The first kappa shape index (κ1) is 16.1. The third kappa shape index (κ3) is 3.42. The maximum atomic E-state index is 13.3. The van der Waals surface area contributed by atoms with Gasteiger partial charge >= 0.3 is 0 Å². The SMILES string of the molecule is CC(C)N=c1ccccn1C(=O)[C@H]1CC(c2cccc(F)c2)=NO1. The fourth-order valence-electron chi connectivity index (χ4n) is 2.49. The zero-order chi connectivity index (χ0) is 17.1. The van der Waals surface area contributed by atoms with Crippen LogP contribution in [-0.2, 0) is 4.84 Å². The second-order valence-corrected chi connectivity index (χ2v) is 5.84. The second-order valence-electron chi connectivity index (χ2n) is 5.84. The van der Waals surface area contributed by atoms with E-state index < -0.39 is 6.10 Å². The molecule has 0 aliphatic carbocycles. The number of halogens is 1. The molecular formula is C18H18FN3O2. The maximum Gasteiger partial charge on any atom is 0.276 e. The van der Waals surface area contributed by atoms with Crippen molar-refractivity contribution in [2.45, 2.75) is 32.4 Å². The molecule has 0 N–H and O–H groups in total. The van der Waals surface area contributed by atoms with Crippen molar-refractivity contribution in [3.63, 3.8) is 0 Å². The molecule has 5 nitrogen and oxygen atoms in total. The van der Waals surface area contributed by atoms with Crippen molar-refractivity contribution < 1.29 is 14.0 Å². The zero-order valence-corrected chi connectivity index (χ0v) is 13.5. The van der Waals surface area contributed by atoms with Gasteiger partial charge in [-0.3, -0.25) is 14.4 Å². The van der Waals surface area contributed by atoms with E-state index in [1.54, 1.807) is 30.5 Å². The first-order valence-electron chi connectivity index (χ1n) is 7.79. The molecule has 0 unspecified atom stereocenters. The van der Waals surface area contributed by atoms with E-state index in [0.29, 0.717) is 23.2 Å². The van der Waals surface area contributed by atoms with E-state index in [0.717, 1.165) is 0 Å². The Kier molecular flexibility index (Phi) is 4.55. The van der Waals surface area contributed by atoms with Gasteiger partial charge in [0.05, 0.1) is 5.71 Å². The topological polar surface area (TPSA) is 56.0 Å². The van der Waals surface area contributed by atoms with Gasteiger partial charge in [-0.25, -0.2) is 4.39 Å². The van der Waals surface area contributed by atoms with Gasteiger partial charge in [-0.1, -0.05) is 23.4 Å². The molecule has 0 fully saturated rings. The van der Waals surface area contributed by atoms with Crippen LogP contribution < -0.4 is 5.49 Å². The average molecular weight is 327 g/mol. The van der Waals surface area contributed by atoms with Crippen molar-refractivity contribution >= 4 is 11.6 Å². The Morgan fingerprint density at radius 2 is 2.17 bits per heavy atom. The molecule has 0 saturated carbocycles. The minimum Gasteiger partial charge on any atom is -0.382 e. The molecule has 1 aliphatic rings. The molecule has 0 bridgehead atoms. The van der Waals surface area contributed by atoms with Gasteiger partial charge in [0.1, 0.15) is 11.3 Å². The largest absolute Gasteiger partial charge is 0.382 e. The van der Waals surface area contributed by atoms with E-state index in [-0.39, 0.29) is 17.8 Å². The number of hydrogen-bond donors (Lipinski definition) is 0. The van der Waals surface area contributed by atoms with E-state index in [1.807, 2.05) is 19.9 Å². The fourth-order valence-corrected chi connectivity index (χ4v) is 2.49. The highest BCUT2D eigenvalue weighted by Gasteiger charge is 2.30. The second kappa shape index (κ2) is 6.78. The minimum absolute atomic E-state index is 0.0649. The number of pyridine rings is 1. The highest BCUT2D eigenvalue weighted by Crippen LogP contribution is 2.18. The van der Waals surface area contributed by atoms with Gasteiger partial charge in [0, 0.05) is 24.2 Å². The lowest BCUT2D eigenvalue weighted by atomic mass is 10.0. The number of aromatic nitrogens is 1. The Morgan fingerprint density at radius 1 is 1.33 bits per heavy atom. The summed E-state index contributed by atoms with van der Waals surface area (Å²) in [4.78, 5) is 22.5. The summed E-state index contributed by atoms with van der Waals surface area (Å²) < 4.78 is 14.8. The van der Waals surface area contributed by atoms with Crippen molar-refractivity contribution in [1.82, 2.24) is 4.57 Å². The van der Waals surface area contributed by atoms with E-state index >= 15 is 0 Å². The number of oxime groups is 1. The van der Waals surface area contributed by atoms with Crippen molar-refractivity contribution in [3.8, 4) is 0 Å². The van der Waals surface area contributed by atoms with Crippen LogP contribution in [0.5, 0.6) is 0 Å². The van der Waals surface area contributed by atoms with Crippen LogP contribution in [0.25, 0.3) is 0 Å². The molecule has 2 heterocycles. The predicted octanol–water partition coefficient (Wildman–Crippen LogP) is 2.77. The molecule has 124 valence electrons. The highest BCUT2D eigenvalue weighted by molar-refractivity contribution is 6.04. The summed E-state index contributed by atoms with van der Waals surface area (Å²) in [5, 5.41) is 3.95. The summed E-state index contributed by atoms with van der Waals surface area (Å²) in [7, 11) is 0. The molecule has 24 heavy (non-hydrogen) atoms. The van der Waals surface area contributed by atoms with Crippen LogP contribution in [0.2, 0.25) is 0 Å². The number of nitrogens with zero attached hydrogens (tertiary/aromatic N) is 3. The van der Waals surface area contributed by atoms with Gasteiger partial charge in [0.2, 0.25) is 6.10 Å². The average Bonchev–Trinajstić information content (AvgIpc) is 3.04. The Morgan fingerprint density at radius 3 is 2.92 bits per heavy atom. The van der Waals surface area contributed by atoms with Crippen LogP contribution in [0.3, 0.4) is 0 Å². The lowest BCUT2D eigenvalue weighted by Crippen LogP contribution is -2.35. The van der Waals surface area contributed by atoms with Crippen LogP contribution in [0, 0.1) is 5.82 Å². The van der Waals surface area contributed by atoms with Crippen molar-refractivity contribution in [2.24, 2.45) is 10.1 Å². The predicted molar refractivity (Wildman–Crippen MR) is 88.2 cm³/mol. The summed E-state index contributed by atoms with van der Waals surface area (Å²) in [6.45, 7) is 3.89. The summed E-state index contributed by atoms with van der Waals surface area (Å²) in [5.41, 5.74) is 1.75. The monoisotopic (exact) mass is 327 g/mol. The van der Waals surface area contributed by atoms with E-state index in [9.17, 15) is 9.18 Å².